The molecule has 0 aliphatic rings. The van der Waals surface area contributed by atoms with Crippen LogP contribution in [0.5, 0.6) is 0 Å². The van der Waals surface area contributed by atoms with Crippen LogP contribution in [0.2, 0.25) is 0 Å². The number of pyridine rings is 1. The molecule has 11 rings (SSSR count). The van der Waals surface area contributed by atoms with Crippen LogP contribution in [0.3, 0.4) is 0 Å². The second-order valence-corrected chi connectivity index (χ2v) is 25.9. The third-order valence-electron chi connectivity index (χ3n) is 15.0. The van der Waals surface area contributed by atoms with Gasteiger partial charge < -0.3 is 14.0 Å². The van der Waals surface area contributed by atoms with Crippen molar-refractivity contribution in [2.75, 3.05) is 0 Å². The summed E-state index contributed by atoms with van der Waals surface area (Å²) < 4.78 is 28.8. The Morgan fingerprint density at radius 2 is 1.21 bits per heavy atom. The number of fused-ring (bicyclic) bond motifs is 7. The topological polar surface area (TPSA) is 43.9 Å². The summed E-state index contributed by atoms with van der Waals surface area (Å²) in [6.45, 7) is 35.4. The quantitative estimate of drug-likeness (QED) is 0.118. The van der Waals surface area contributed by atoms with Gasteiger partial charge in [-0.3, -0.25) is 4.98 Å². The predicted octanol–water partition coefficient (Wildman–Crippen LogP) is 20.6. The first-order chi connectivity index (χ1) is 37.1. The molecule has 8 aromatic carbocycles. The molecule has 0 saturated heterocycles. The Morgan fingerprint density at radius 1 is 0.564 bits per heavy atom. The van der Waals surface area contributed by atoms with E-state index in [1.54, 1.807) is 0 Å². The van der Waals surface area contributed by atoms with Gasteiger partial charge in [-0.05, 0) is 148 Å². The fourth-order valence-corrected chi connectivity index (χ4v) is 10.7. The Labute approximate surface area is 480 Å². The fourth-order valence-electron chi connectivity index (χ4n) is 10.7. The Morgan fingerprint density at radius 3 is 1.83 bits per heavy atom. The van der Waals surface area contributed by atoms with Crippen molar-refractivity contribution in [3.05, 3.63) is 197 Å². The van der Waals surface area contributed by atoms with Gasteiger partial charge in [-0.15, -0.1) is 54.1 Å². The van der Waals surface area contributed by atoms with Gasteiger partial charge in [0.25, 0.3) is 0 Å². The molecule has 0 aliphatic heterocycles. The fraction of sp³-hybridized carbons (Fsp3) is 0.315. The third-order valence-corrected chi connectivity index (χ3v) is 15.0. The number of aromatic nitrogens is 3. The monoisotopic (exact) mass is 1210 g/mol. The summed E-state index contributed by atoms with van der Waals surface area (Å²) in [5.74, 6) is 0.925. The average molecular weight is 1210 g/mol. The van der Waals surface area contributed by atoms with E-state index >= 15 is 0 Å². The Bertz CT molecular complexity index is 4030. The molecule has 0 N–H and O–H groups in total. The second-order valence-electron chi connectivity index (χ2n) is 25.9. The van der Waals surface area contributed by atoms with E-state index in [-0.39, 0.29) is 48.2 Å². The van der Waals surface area contributed by atoms with Crippen LogP contribution in [0, 0.1) is 17.5 Å². The minimum atomic E-state index is -1.70. The van der Waals surface area contributed by atoms with Gasteiger partial charge >= 0.3 is 0 Å². The van der Waals surface area contributed by atoms with Gasteiger partial charge in [-0.1, -0.05) is 195 Å². The molecule has 0 amide bonds. The maximum Gasteiger partial charge on any atom is 0.121 e. The van der Waals surface area contributed by atoms with Gasteiger partial charge in [0, 0.05) is 40.1 Å². The molecule has 0 bridgehead atoms. The zero-order valence-corrected chi connectivity index (χ0v) is 51.1. The van der Waals surface area contributed by atoms with E-state index in [4.69, 9.17) is 9.40 Å². The Hall–Kier alpha value is -6.65. The van der Waals surface area contributed by atoms with E-state index < -0.39 is 11.8 Å². The van der Waals surface area contributed by atoms with Crippen molar-refractivity contribution in [1.82, 2.24) is 14.5 Å². The summed E-state index contributed by atoms with van der Waals surface area (Å²) in [5.41, 5.74) is 15.6. The Kier molecular flexibility index (Phi) is 14.5. The predicted molar refractivity (Wildman–Crippen MR) is 329 cm³/mol. The van der Waals surface area contributed by atoms with Crippen LogP contribution in [-0.2, 0) is 42.7 Å². The molecule has 401 valence electrons. The minimum Gasteiger partial charge on any atom is -0.501 e. The van der Waals surface area contributed by atoms with Gasteiger partial charge in [-0.25, -0.2) is 0 Å². The van der Waals surface area contributed by atoms with Crippen molar-refractivity contribution in [2.45, 2.75) is 145 Å². The molecule has 5 heteroatoms. The minimum absolute atomic E-state index is 0. The number of imidazole rings is 1. The molecule has 78 heavy (non-hydrogen) atoms. The van der Waals surface area contributed by atoms with Gasteiger partial charge in [0.05, 0.1) is 22.4 Å². The maximum atomic E-state index is 9.77. The number of furan rings is 1. The largest absolute Gasteiger partial charge is 0.501 e. The van der Waals surface area contributed by atoms with Crippen LogP contribution in [0.25, 0.3) is 94.0 Å². The molecule has 0 atom stereocenters. The van der Waals surface area contributed by atoms with Crippen molar-refractivity contribution in [2.24, 2.45) is 5.41 Å². The summed E-state index contributed by atoms with van der Waals surface area (Å²) in [5, 5.41) is 6.73. The van der Waals surface area contributed by atoms with Crippen molar-refractivity contribution in [3.8, 4) is 39.5 Å². The summed E-state index contributed by atoms with van der Waals surface area (Å²) in [6, 6.07) is 58.3. The van der Waals surface area contributed by atoms with E-state index in [2.05, 4.69) is 209 Å². The molecule has 11 aromatic rings. The number of hydrogen-bond acceptors (Lipinski definition) is 3. The number of hydrogen-bond donors (Lipinski definition) is 0. The van der Waals surface area contributed by atoms with Gasteiger partial charge in [0.2, 0.25) is 0 Å². The standard InChI is InChI=1S/C58H61N2O.C15H16N.Ir/c1-34(2)46-29-40(39-26-41(57(8,9)10)31-42(27-39)58(11,12)13)30-47(35(3)4)53(46)60-52-38(33-56(5,6)7)19-16-23-50(52)59-55(60)45-22-17-21-44-49-28-37-25-24-36-18-14-15-20-43(36)48(37)32-51(49)61-54(44)45;1-15(2,3)13-9-10-16-14(11-13)12-7-5-4-6-8-12;/h14-21,23-32,34-35H,33H2,1-13H3;4-7,9-11H,1-3H3;/q2*-1;/i33D2;;. The van der Waals surface area contributed by atoms with E-state index in [1.165, 1.54) is 49.7 Å². The zero-order chi connectivity index (χ0) is 56.7. The summed E-state index contributed by atoms with van der Waals surface area (Å²) in [4.78, 5) is 9.89. The molecule has 3 aromatic heterocycles. The van der Waals surface area contributed by atoms with Gasteiger partial charge in [0.1, 0.15) is 5.58 Å². The van der Waals surface area contributed by atoms with E-state index in [0.717, 1.165) is 60.7 Å². The number of para-hydroxylation sites is 1. The molecule has 3 heterocycles. The van der Waals surface area contributed by atoms with Crippen LogP contribution in [0.1, 0.15) is 159 Å². The molecule has 4 nitrogen and oxygen atoms in total. The van der Waals surface area contributed by atoms with Crippen molar-refractivity contribution in [1.29, 1.82) is 0 Å². The number of rotatable bonds is 7. The van der Waals surface area contributed by atoms with Crippen LogP contribution in [-0.4, -0.2) is 14.5 Å². The van der Waals surface area contributed by atoms with Crippen LogP contribution in [0.4, 0.5) is 0 Å². The van der Waals surface area contributed by atoms with Crippen molar-refractivity contribution in [3.63, 3.8) is 0 Å². The van der Waals surface area contributed by atoms with Crippen LogP contribution >= 0.6 is 0 Å². The van der Waals surface area contributed by atoms with Gasteiger partial charge in [0.15, 0.2) is 0 Å². The van der Waals surface area contributed by atoms with Crippen LogP contribution in [0.15, 0.2) is 156 Å². The molecule has 0 spiro atoms. The number of benzene rings is 8. The maximum absolute atomic E-state index is 9.77. The van der Waals surface area contributed by atoms with E-state index in [0.29, 0.717) is 17.0 Å². The zero-order valence-electron chi connectivity index (χ0n) is 50.7. The summed E-state index contributed by atoms with van der Waals surface area (Å²) in [6.07, 6.45) is 0.170. The molecule has 0 fully saturated rings. The Balaban J connectivity index is 0.000000391. The molecular formula is C73H77IrN3O-2. The summed E-state index contributed by atoms with van der Waals surface area (Å²) >= 11 is 0. The molecular weight excluding hydrogens is 1130 g/mol. The number of nitrogens with zero attached hydrogens (tertiary/aromatic N) is 3. The third kappa shape index (κ3) is 11.2. The molecule has 1 radical (unpaired) electrons. The SMILES string of the molecule is CC(C)(C)c1ccnc(-c2[c-]cccc2)c1.[2H]C([2H])(c1cccc2nc(-c3[c-]ccc4c3oc3cc5c(ccc6ccccc65)cc34)n(-c3c(C(C)C)cc(-c4cc(C(C)(C)C)cc(C(C)(C)C)c4)cc3C(C)C)c12)C(C)(C)C.[Ir]. The first kappa shape index (κ1) is 53.4. The molecule has 0 unspecified atom stereocenters. The molecule has 0 saturated carbocycles. The van der Waals surface area contributed by atoms with Crippen LogP contribution < -0.4 is 0 Å². The van der Waals surface area contributed by atoms with Crippen molar-refractivity contribution >= 4 is 54.5 Å². The summed E-state index contributed by atoms with van der Waals surface area (Å²) in [7, 11) is 0. The first-order valence-electron chi connectivity index (χ1n) is 28.6. The smallest absolute Gasteiger partial charge is 0.121 e. The second kappa shape index (κ2) is 21.2. The van der Waals surface area contributed by atoms with E-state index in [1.807, 2.05) is 75.5 Å². The van der Waals surface area contributed by atoms with E-state index in [9.17, 15) is 2.74 Å². The normalized spacial score (nSPS) is 13.1. The molecule has 0 aliphatic carbocycles. The average Bonchev–Trinajstić information content (AvgIpc) is 3.99. The van der Waals surface area contributed by atoms with Crippen molar-refractivity contribution < 1.29 is 27.3 Å². The van der Waals surface area contributed by atoms with Gasteiger partial charge in [-0.2, -0.15) is 0 Å². The first-order valence-corrected chi connectivity index (χ1v) is 27.6.